The first-order chi connectivity index (χ1) is 14.1. The summed E-state index contributed by atoms with van der Waals surface area (Å²) < 4.78 is 39.7. The molecule has 1 saturated carbocycles. The minimum atomic E-state index is -4.36. The number of carboxylic acid groups (broad SMARTS) is 1. The van der Waals surface area contributed by atoms with Gasteiger partial charge < -0.3 is 10.0 Å². The van der Waals surface area contributed by atoms with Gasteiger partial charge in [-0.25, -0.2) is 4.79 Å². The molecule has 0 spiro atoms. The van der Waals surface area contributed by atoms with Crippen LogP contribution in [-0.2, 0) is 6.18 Å². The number of allylic oxidation sites excluding steroid dienone is 1. The zero-order valence-corrected chi connectivity index (χ0v) is 17.1. The van der Waals surface area contributed by atoms with E-state index in [9.17, 15) is 23.1 Å². The van der Waals surface area contributed by atoms with E-state index in [1.54, 1.807) is 24.3 Å². The lowest BCUT2D eigenvalue weighted by molar-refractivity contribution is -0.137. The van der Waals surface area contributed by atoms with Crippen LogP contribution >= 0.6 is 0 Å². The summed E-state index contributed by atoms with van der Waals surface area (Å²) in [6.07, 6.45) is 0.0164. The van der Waals surface area contributed by atoms with Gasteiger partial charge in [0, 0.05) is 6.54 Å². The van der Waals surface area contributed by atoms with Gasteiger partial charge in [0.2, 0.25) is 0 Å². The number of carbonyl (C=O) groups is 1. The highest BCUT2D eigenvalue weighted by atomic mass is 19.4. The maximum absolute atomic E-state index is 13.2. The van der Waals surface area contributed by atoms with Crippen LogP contribution in [0.5, 0.6) is 0 Å². The molecule has 30 heavy (non-hydrogen) atoms. The van der Waals surface area contributed by atoms with Crippen LogP contribution in [0.4, 0.5) is 13.2 Å². The molecule has 1 N–H and O–H groups in total. The van der Waals surface area contributed by atoms with E-state index in [-0.39, 0.29) is 17.4 Å². The first kappa shape index (κ1) is 22.1. The molecule has 0 amide bonds. The number of nitrogens with zero attached hydrogens (tertiary/aromatic N) is 1. The van der Waals surface area contributed by atoms with Crippen molar-refractivity contribution < 1.29 is 23.1 Å². The first-order valence-electron chi connectivity index (χ1n) is 9.98. The largest absolute Gasteiger partial charge is 0.478 e. The molecule has 0 aliphatic heterocycles. The maximum Gasteiger partial charge on any atom is 0.416 e. The summed E-state index contributed by atoms with van der Waals surface area (Å²) in [7, 11) is 3.96. The first-order valence-corrected chi connectivity index (χ1v) is 9.98. The maximum atomic E-state index is 13.2. The van der Waals surface area contributed by atoms with E-state index in [1.165, 1.54) is 12.1 Å². The van der Waals surface area contributed by atoms with Crippen LogP contribution in [0, 0.1) is 5.92 Å². The Morgan fingerprint density at radius 2 is 1.90 bits per heavy atom. The summed E-state index contributed by atoms with van der Waals surface area (Å²) in [5.41, 5.74) is 2.25. The van der Waals surface area contributed by atoms with Gasteiger partial charge in [0.15, 0.2) is 0 Å². The van der Waals surface area contributed by atoms with E-state index in [0.717, 1.165) is 36.6 Å². The average molecular weight is 417 g/mol. The van der Waals surface area contributed by atoms with Crippen LogP contribution in [0.15, 0.2) is 54.1 Å². The molecule has 0 unspecified atom stereocenters. The molecule has 2 aromatic carbocycles. The lowest BCUT2D eigenvalue weighted by atomic mass is 9.72. The second-order valence-corrected chi connectivity index (χ2v) is 8.23. The van der Waals surface area contributed by atoms with Gasteiger partial charge in [0.25, 0.3) is 0 Å². The lowest BCUT2D eigenvalue weighted by Crippen LogP contribution is -2.29. The Labute approximate surface area is 174 Å². The Hall–Kier alpha value is -2.60. The fourth-order valence-electron chi connectivity index (χ4n) is 4.27. The molecule has 0 heterocycles. The number of alkyl halides is 3. The average Bonchev–Trinajstić information content (AvgIpc) is 2.68. The highest BCUT2D eigenvalue weighted by Crippen LogP contribution is 2.42. The van der Waals surface area contributed by atoms with Gasteiger partial charge in [-0.1, -0.05) is 42.0 Å². The molecule has 3 rings (SSSR count). The Morgan fingerprint density at radius 3 is 2.57 bits per heavy atom. The van der Waals surface area contributed by atoms with Gasteiger partial charge in [-0.3, -0.25) is 0 Å². The number of carboxylic acids is 1. The summed E-state index contributed by atoms with van der Waals surface area (Å²) in [5, 5.41) is 9.20. The third kappa shape index (κ3) is 5.51. The molecule has 0 saturated heterocycles. The van der Waals surface area contributed by atoms with Crippen molar-refractivity contribution in [3.05, 3.63) is 76.4 Å². The minimum absolute atomic E-state index is 0.0163. The molecule has 2 atom stereocenters. The zero-order chi connectivity index (χ0) is 21.9. The van der Waals surface area contributed by atoms with Crippen LogP contribution in [0.3, 0.4) is 0 Å². The van der Waals surface area contributed by atoms with Crippen LogP contribution in [0.25, 0.3) is 6.08 Å². The van der Waals surface area contributed by atoms with Crippen LogP contribution in [0.2, 0.25) is 0 Å². The number of halogens is 3. The van der Waals surface area contributed by atoms with Gasteiger partial charge in [-0.2, -0.15) is 13.2 Å². The molecule has 160 valence electrons. The smallest absolute Gasteiger partial charge is 0.416 e. The minimum Gasteiger partial charge on any atom is -0.478 e. The second kappa shape index (κ2) is 9.04. The molecular weight excluding hydrogens is 391 g/mol. The van der Waals surface area contributed by atoms with Crippen molar-refractivity contribution in [3.8, 4) is 0 Å². The lowest BCUT2D eigenvalue weighted by Gasteiger charge is -2.35. The van der Waals surface area contributed by atoms with Crippen molar-refractivity contribution in [1.29, 1.82) is 0 Å². The third-order valence-corrected chi connectivity index (χ3v) is 5.63. The predicted octanol–water partition coefficient (Wildman–Crippen LogP) is 5.93. The van der Waals surface area contributed by atoms with Crippen molar-refractivity contribution in [3.63, 3.8) is 0 Å². The Balaban J connectivity index is 1.92. The van der Waals surface area contributed by atoms with Crippen molar-refractivity contribution in [1.82, 2.24) is 4.90 Å². The highest BCUT2D eigenvalue weighted by molar-refractivity contribution is 5.88. The second-order valence-electron chi connectivity index (χ2n) is 8.23. The molecule has 1 aliphatic rings. The van der Waals surface area contributed by atoms with Crippen LogP contribution in [0.1, 0.15) is 52.2 Å². The standard InChI is InChI=1S/C24H26F3NO2/c1-28(2)15-20-10-9-17(11-16-5-3-7-19(12-16)23(29)30)13-22(20)18-6-4-8-21(14-18)24(25,26)27/h3-8,11-12,14,20,22H,9-10,13,15H2,1-2H3,(H,29,30)/b17-11-/t20-,22-/m0/s1. The Bertz CT molecular complexity index is 934. The van der Waals surface area contributed by atoms with Gasteiger partial charge in [0.1, 0.15) is 0 Å². The normalized spacial score (nSPS) is 21.2. The number of hydrogen-bond acceptors (Lipinski definition) is 2. The van der Waals surface area contributed by atoms with Gasteiger partial charge >= 0.3 is 12.1 Å². The van der Waals surface area contributed by atoms with E-state index in [2.05, 4.69) is 4.90 Å². The van der Waals surface area contributed by atoms with E-state index in [4.69, 9.17) is 0 Å². The molecule has 0 aromatic heterocycles. The van der Waals surface area contributed by atoms with E-state index >= 15 is 0 Å². The number of hydrogen-bond donors (Lipinski definition) is 1. The van der Waals surface area contributed by atoms with Crippen LogP contribution < -0.4 is 0 Å². The molecule has 0 radical (unpaired) electrons. The molecule has 3 nitrogen and oxygen atoms in total. The Kier molecular flexibility index (Phi) is 6.66. The SMILES string of the molecule is CN(C)C[C@@H]1CC/C(=C/c2cccc(C(=O)O)c2)C[C@H]1c1cccc(C(F)(F)F)c1. The Morgan fingerprint density at radius 1 is 1.17 bits per heavy atom. The summed E-state index contributed by atoms with van der Waals surface area (Å²) >= 11 is 0. The summed E-state index contributed by atoms with van der Waals surface area (Å²) in [6.45, 7) is 0.808. The topological polar surface area (TPSA) is 40.5 Å². The number of benzene rings is 2. The molecule has 6 heteroatoms. The summed E-state index contributed by atoms with van der Waals surface area (Å²) in [5.74, 6) is -0.741. The number of aromatic carboxylic acids is 1. The van der Waals surface area contributed by atoms with Crippen molar-refractivity contribution in [2.24, 2.45) is 5.92 Å². The number of rotatable bonds is 5. The monoisotopic (exact) mass is 417 g/mol. The third-order valence-electron chi connectivity index (χ3n) is 5.63. The molecule has 1 aliphatic carbocycles. The fourth-order valence-corrected chi connectivity index (χ4v) is 4.27. The molecule has 1 fully saturated rings. The van der Waals surface area contributed by atoms with Gasteiger partial charge in [-0.15, -0.1) is 0 Å². The van der Waals surface area contributed by atoms with Crippen molar-refractivity contribution in [2.45, 2.75) is 31.4 Å². The van der Waals surface area contributed by atoms with Crippen LogP contribution in [-0.4, -0.2) is 36.6 Å². The van der Waals surface area contributed by atoms with E-state index < -0.39 is 17.7 Å². The molecule has 2 aromatic rings. The van der Waals surface area contributed by atoms with Crippen molar-refractivity contribution in [2.75, 3.05) is 20.6 Å². The summed E-state index contributed by atoms with van der Waals surface area (Å²) in [4.78, 5) is 13.3. The summed E-state index contributed by atoms with van der Waals surface area (Å²) in [6, 6.07) is 12.4. The quantitative estimate of drug-likeness (QED) is 0.655. The van der Waals surface area contributed by atoms with E-state index in [0.29, 0.717) is 12.0 Å². The fraction of sp³-hybridized carbons (Fsp3) is 0.375. The van der Waals surface area contributed by atoms with Gasteiger partial charge in [-0.05, 0) is 74.5 Å². The zero-order valence-electron chi connectivity index (χ0n) is 17.1. The van der Waals surface area contributed by atoms with Crippen molar-refractivity contribution >= 4 is 12.0 Å². The molecular formula is C24H26F3NO2. The highest BCUT2D eigenvalue weighted by Gasteiger charge is 2.33. The van der Waals surface area contributed by atoms with E-state index in [1.807, 2.05) is 26.2 Å². The molecule has 0 bridgehead atoms. The predicted molar refractivity (Wildman–Crippen MR) is 111 cm³/mol. The van der Waals surface area contributed by atoms with Gasteiger partial charge in [0.05, 0.1) is 11.1 Å².